The molecule has 0 aliphatic heterocycles. The molecule has 4 rings (SSSR count). The van der Waals surface area contributed by atoms with Crippen LogP contribution >= 0.6 is 11.6 Å². The zero-order valence-corrected chi connectivity index (χ0v) is 16.9. The van der Waals surface area contributed by atoms with Crippen LogP contribution in [0.15, 0.2) is 76.3 Å². The molecule has 30 heavy (non-hydrogen) atoms. The molecular formula is C22H19ClN4O3. The van der Waals surface area contributed by atoms with Gasteiger partial charge in [-0.05, 0) is 42.1 Å². The zero-order chi connectivity index (χ0) is 21.7. The number of benzene rings is 2. The van der Waals surface area contributed by atoms with Crippen LogP contribution in [0.4, 0.5) is 0 Å². The van der Waals surface area contributed by atoms with E-state index < -0.39 is 5.91 Å². The summed E-state index contributed by atoms with van der Waals surface area (Å²) in [6, 6.07) is 19.7. The van der Waals surface area contributed by atoms with E-state index in [4.69, 9.17) is 17.3 Å². The Balaban J connectivity index is 0.000000216. The molecule has 2 aromatic carbocycles. The molecule has 0 atom stereocenters. The average molecular weight is 423 g/mol. The third-order valence-electron chi connectivity index (χ3n) is 4.38. The van der Waals surface area contributed by atoms with Crippen molar-refractivity contribution in [3.8, 4) is 5.69 Å². The van der Waals surface area contributed by atoms with Gasteiger partial charge >= 0.3 is 0 Å². The predicted molar refractivity (Wildman–Crippen MR) is 117 cm³/mol. The molecule has 2 heterocycles. The second-order valence-corrected chi connectivity index (χ2v) is 6.75. The Kier molecular flexibility index (Phi) is 6.44. The number of H-pyrrole nitrogens is 1. The standard InChI is InChI=1S/C17H14ClNO.C5H5N3O2/c1-2-13-11-12-7-6-10-15(18)16(12)17(20)19(13)14-8-4-3-5-9-14;6-5(10)3-1-2-4(9)8-7-3/h3-11H,2H2,1H3;1-2H,(H2,6,10)(H,8,9). The molecule has 8 heteroatoms. The summed E-state index contributed by atoms with van der Waals surface area (Å²) in [5.41, 5.74) is 6.33. The minimum atomic E-state index is -0.656. The van der Waals surface area contributed by atoms with Gasteiger partial charge in [-0.15, -0.1) is 0 Å². The highest BCUT2D eigenvalue weighted by Crippen LogP contribution is 2.22. The lowest BCUT2D eigenvalue weighted by Crippen LogP contribution is -2.22. The van der Waals surface area contributed by atoms with Crippen LogP contribution < -0.4 is 16.9 Å². The van der Waals surface area contributed by atoms with E-state index in [2.05, 4.69) is 10.2 Å². The van der Waals surface area contributed by atoms with Gasteiger partial charge in [-0.3, -0.25) is 19.0 Å². The van der Waals surface area contributed by atoms with E-state index >= 15 is 0 Å². The number of nitrogens with zero attached hydrogens (tertiary/aromatic N) is 2. The number of halogens is 1. The van der Waals surface area contributed by atoms with Gasteiger partial charge in [-0.25, -0.2) is 5.10 Å². The quantitative estimate of drug-likeness (QED) is 0.528. The van der Waals surface area contributed by atoms with Gasteiger partial charge in [0.15, 0.2) is 0 Å². The molecule has 0 bridgehead atoms. The summed E-state index contributed by atoms with van der Waals surface area (Å²) in [5.74, 6) is -0.656. The number of amides is 1. The minimum absolute atomic E-state index is 0.0552. The van der Waals surface area contributed by atoms with Gasteiger partial charge in [-0.2, -0.15) is 5.10 Å². The summed E-state index contributed by atoms with van der Waals surface area (Å²) in [6.07, 6.45) is 0.784. The van der Waals surface area contributed by atoms with Crippen LogP contribution in [-0.4, -0.2) is 20.7 Å². The van der Waals surface area contributed by atoms with Crippen molar-refractivity contribution in [3.05, 3.63) is 104 Å². The average Bonchev–Trinajstić information content (AvgIpc) is 2.75. The van der Waals surface area contributed by atoms with Gasteiger partial charge in [0.05, 0.1) is 10.4 Å². The lowest BCUT2D eigenvalue weighted by molar-refractivity contribution is 0.0994. The largest absolute Gasteiger partial charge is 0.364 e. The normalized spacial score (nSPS) is 10.3. The molecule has 0 unspecified atom stereocenters. The van der Waals surface area contributed by atoms with Crippen molar-refractivity contribution >= 4 is 28.3 Å². The van der Waals surface area contributed by atoms with Crippen molar-refractivity contribution in [1.29, 1.82) is 0 Å². The van der Waals surface area contributed by atoms with Crippen LogP contribution in [0.1, 0.15) is 23.1 Å². The van der Waals surface area contributed by atoms with E-state index in [-0.39, 0.29) is 16.8 Å². The molecule has 0 aliphatic carbocycles. The van der Waals surface area contributed by atoms with Gasteiger partial charge < -0.3 is 5.73 Å². The fourth-order valence-corrected chi connectivity index (χ4v) is 3.24. The Bertz CT molecular complexity index is 1290. The maximum Gasteiger partial charge on any atom is 0.269 e. The number of carbonyl (C=O) groups is 1. The predicted octanol–water partition coefficient (Wildman–Crippen LogP) is 3.08. The van der Waals surface area contributed by atoms with E-state index in [0.717, 1.165) is 23.2 Å². The number of aromatic amines is 1. The van der Waals surface area contributed by atoms with Crippen LogP contribution in [0.5, 0.6) is 0 Å². The molecular weight excluding hydrogens is 404 g/mol. The minimum Gasteiger partial charge on any atom is -0.364 e. The van der Waals surface area contributed by atoms with E-state index in [0.29, 0.717) is 10.4 Å². The molecule has 0 spiro atoms. The summed E-state index contributed by atoms with van der Waals surface area (Å²) in [5, 5.41) is 7.41. The Morgan fingerprint density at radius 1 is 1.07 bits per heavy atom. The lowest BCUT2D eigenvalue weighted by Gasteiger charge is -2.14. The summed E-state index contributed by atoms with van der Waals surface area (Å²) in [7, 11) is 0. The smallest absolute Gasteiger partial charge is 0.269 e. The number of para-hydroxylation sites is 1. The van der Waals surface area contributed by atoms with Crippen molar-refractivity contribution in [3.63, 3.8) is 0 Å². The Hall–Kier alpha value is -3.71. The maximum absolute atomic E-state index is 12.8. The van der Waals surface area contributed by atoms with Gasteiger partial charge in [-0.1, -0.05) is 48.9 Å². The van der Waals surface area contributed by atoms with Crippen LogP contribution in [0.3, 0.4) is 0 Å². The highest BCUT2D eigenvalue weighted by Gasteiger charge is 2.11. The molecule has 1 amide bonds. The number of carbonyl (C=O) groups excluding carboxylic acids is 1. The van der Waals surface area contributed by atoms with E-state index in [1.54, 1.807) is 10.6 Å². The SMILES string of the molecule is CCc1cc2cccc(Cl)c2c(=O)n1-c1ccccc1.NC(=O)c1ccc(=O)[nH]n1. The van der Waals surface area contributed by atoms with Gasteiger partial charge in [0, 0.05) is 17.4 Å². The molecule has 0 aliphatic rings. The second-order valence-electron chi connectivity index (χ2n) is 6.34. The van der Waals surface area contributed by atoms with Crippen molar-refractivity contribution in [2.24, 2.45) is 5.73 Å². The summed E-state index contributed by atoms with van der Waals surface area (Å²) in [4.78, 5) is 33.5. The van der Waals surface area contributed by atoms with Crippen molar-refractivity contribution in [2.45, 2.75) is 13.3 Å². The Morgan fingerprint density at radius 3 is 2.40 bits per heavy atom. The number of hydrogen-bond donors (Lipinski definition) is 2. The number of aryl methyl sites for hydroxylation is 1. The number of fused-ring (bicyclic) bond motifs is 1. The summed E-state index contributed by atoms with van der Waals surface area (Å²) < 4.78 is 1.74. The first-order chi connectivity index (χ1) is 14.4. The second kappa shape index (κ2) is 9.19. The number of pyridine rings is 1. The van der Waals surface area contributed by atoms with E-state index in [1.165, 1.54) is 12.1 Å². The van der Waals surface area contributed by atoms with Crippen LogP contribution in [-0.2, 0) is 6.42 Å². The number of primary amides is 1. The third-order valence-corrected chi connectivity index (χ3v) is 4.70. The fourth-order valence-electron chi connectivity index (χ4n) is 2.98. The fraction of sp³-hybridized carbons (Fsp3) is 0.0909. The van der Waals surface area contributed by atoms with E-state index in [1.807, 2.05) is 55.5 Å². The van der Waals surface area contributed by atoms with Gasteiger partial charge in [0.1, 0.15) is 5.69 Å². The van der Waals surface area contributed by atoms with E-state index in [9.17, 15) is 14.4 Å². The molecule has 4 aromatic rings. The first-order valence-electron chi connectivity index (χ1n) is 9.16. The van der Waals surface area contributed by atoms with Gasteiger partial charge in [0.2, 0.25) is 0 Å². The highest BCUT2D eigenvalue weighted by atomic mass is 35.5. The zero-order valence-electron chi connectivity index (χ0n) is 16.1. The Morgan fingerprint density at radius 2 is 1.80 bits per heavy atom. The maximum atomic E-state index is 12.8. The molecule has 0 fully saturated rings. The monoisotopic (exact) mass is 422 g/mol. The molecule has 0 saturated heterocycles. The number of aromatic nitrogens is 3. The number of nitrogens with two attached hydrogens (primary N) is 1. The summed E-state index contributed by atoms with van der Waals surface area (Å²) >= 11 is 6.20. The number of nitrogens with one attached hydrogen (secondary N) is 1. The number of rotatable bonds is 3. The van der Waals surface area contributed by atoms with Crippen molar-refractivity contribution in [1.82, 2.24) is 14.8 Å². The first kappa shape index (κ1) is 21.0. The van der Waals surface area contributed by atoms with Crippen LogP contribution in [0, 0.1) is 0 Å². The third kappa shape index (κ3) is 4.47. The van der Waals surface area contributed by atoms with Crippen LogP contribution in [0.2, 0.25) is 5.02 Å². The van der Waals surface area contributed by atoms with Crippen LogP contribution in [0.25, 0.3) is 16.5 Å². The highest BCUT2D eigenvalue weighted by molar-refractivity contribution is 6.35. The Labute approximate surface area is 176 Å². The molecule has 2 aromatic heterocycles. The molecule has 0 radical (unpaired) electrons. The molecule has 152 valence electrons. The molecule has 3 N–H and O–H groups in total. The van der Waals surface area contributed by atoms with Crippen molar-refractivity contribution < 1.29 is 4.79 Å². The topological polar surface area (TPSA) is 111 Å². The first-order valence-corrected chi connectivity index (χ1v) is 9.54. The van der Waals surface area contributed by atoms with Gasteiger partial charge in [0.25, 0.3) is 17.0 Å². The number of hydrogen-bond acceptors (Lipinski definition) is 4. The molecule has 7 nitrogen and oxygen atoms in total. The lowest BCUT2D eigenvalue weighted by atomic mass is 10.1. The van der Waals surface area contributed by atoms with Crippen molar-refractivity contribution in [2.75, 3.05) is 0 Å². The summed E-state index contributed by atoms with van der Waals surface area (Å²) in [6.45, 7) is 2.05. The molecule has 0 saturated carbocycles.